The lowest BCUT2D eigenvalue weighted by Gasteiger charge is -2.10. The molecule has 0 unspecified atom stereocenters. The highest BCUT2D eigenvalue weighted by Gasteiger charge is 2.08. The molecule has 16 heavy (non-hydrogen) atoms. The fourth-order valence-corrected chi connectivity index (χ4v) is 1.62. The van der Waals surface area contributed by atoms with Gasteiger partial charge in [-0.2, -0.15) is 0 Å². The molecule has 0 aliphatic heterocycles. The van der Waals surface area contributed by atoms with E-state index in [0.29, 0.717) is 6.61 Å². The largest absolute Gasteiger partial charge is 0.507 e. The van der Waals surface area contributed by atoms with Crippen molar-refractivity contribution in [2.75, 3.05) is 6.61 Å². The molecule has 0 spiro atoms. The van der Waals surface area contributed by atoms with E-state index in [-0.39, 0.29) is 5.75 Å². The summed E-state index contributed by atoms with van der Waals surface area (Å²) < 4.78 is 5.52. The van der Waals surface area contributed by atoms with Crippen molar-refractivity contribution in [1.82, 2.24) is 0 Å². The van der Waals surface area contributed by atoms with E-state index in [1.807, 2.05) is 43.3 Å². The van der Waals surface area contributed by atoms with Crippen molar-refractivity contribution in [2.45, 2.75) is 6.92 Å². The Labute approximate surface area is 95.1 Å². The second kappa shape index (κ2) is 4.71. The fraction of sp³-hybridized carbons (Fsp3) is 0.143. The maximum atomic E-state index is 9.75. The average Bonchev–Trinajstić information content (AvgIpc) is 2.31. The van der Waals surface area contributed by atoms with Crippen molar-refractivity contribution >= 4 is 0 Å². The normalized spacial score (nSPS) is 10.1. The highest BCUT2D eigenvalue weighted by molar-refractivity contribution is 5.75. The molecule has 0 atom stereocenters. The van der Waals surface area contributed by atoms with E-state index in [2.05, 4.69) is 6.07 Å². The third kappa shape index (κ3) is 2.01. The summed E-state index contributed by atoms with van der Waals surface area (Å²) in [6, 6.07) is 15.8. The first-order valence-electron chi connectivity index (χ1n) is 5.24. The van der Waals surface area contributed by atoms with Gasteiger partial charge in [0.05, 0.1) is 6.61 Å². The third-order valence-electron chi connectivity index (χ3n) is 2.31. The zero-order valence-corrected chi connectivity index (χ0v) is 9.10. The number of rotatable bonds is 3. The molecule has 0 fully saturated rings. The van der Waals surface area contributed by atoms with Gasteiger partial charge < -0.3 is 9.84 Å². The van der Waals surface area contributed by atoms with Crippen molar-refractivity contribution in [2.24, 2.45) is 0 Å². The van der Waals surface area contributed by atoms with E-state index >= 15 is 0 Å². The van der Waals surface area contributed by atoms with Gasteiger partial charge >= 0.3 is 0 Å². The second-order valence-corrected chi connectivity index (χ2v) is 3.36. The lowest BCUT2D eigenvalue weighted by atomic mass is 10.0. The monoisotopic (exact) mass is 213 g/mol. The van der Waals surface area contributed by atoms with E-state index < -0.39 is 0 Å². The number of hydrogen-bond acceptors (Lipinski definition) is 2. The van der Waals surface area contributed by atoms with Crippen LogP contribution in [0.4, 0.5) is 0 Å². The number of ether oxygens (including phenoxy) is 1. The van der Waals surface area contributed by atoms with Crippen LogP contribution >= 0.6 is 0 Å². The minimum atomic E-state index is 0.148. The SMILES string of the molecule is CCOc1ccccc1-c1ccc[c]c1O. The second-order valence-electron chi connectivity index (χ2n) is 3.36. The molecule has 1 N–H and O–H groups in total. The summed E-state index contributed by atoms with van der Waals surface area (Å²) in [6.45, 7) is 2.54. The quantitative estimate of drug-likeness (QED) is 0.848. The van der Waals surface area contributed by atoms with Gasteiger partial charge in [0.2, 0.25) is 0 Å². The Hall–Kier alpha value is -1.96. The van der Waals surface area contributed by atoms with Crippen LogP contribution in [0.25, 0.3) is 11.1 Å². The Morgan fingerprint density at radius 2 is 1.88 bits per heavy atom. The predicted molar refractivity (Wildman–Crippen MR) is 63.5 cm³/mol. The molecule has 2 nitrogen and oxygen atoms in total. The molecule has 2 heteroatoms. The van der Waals surface area contributed by atoms with Gasteiger partial charge in [0.1, 0.15) is 11.5 Å². The van der Waals surface area contributed by atoms with E-state index in [1.165, 1.54) is 0 Å². The molecular formula is C14H13O2. The molecular weight excluding hydrogens is 200 g/mol. The highest BCUT2D eigenvalue weighted by atomic mass is 16.5. The van der Waals surface area contributed by atoms with Crippen LogP contribution in [0, 0.1) is 6.07 Å². The molecule has 0 saturated carbocycles. The minimum absolute atomic E-state index is 0.148. The zero-order chi connectivity index (χ0) is 11.4. The van der Waals surface area contributed by atoms with Crippen LogP contribution in [-0.4, -0.2) is 11.7 Å². The molecule has 0 saturated heterocycles. The van der Waals surface area contributed by atoms with Crippen molar-refractivity contribution in [3.8, 4) is 22.6 Å². The number of para-hydroxylation sites is 2. The third-order valence-corrected chi connectivity index (χ3v) is 2.31. The Kier molecular flexibility index (Phi) is 3.10. The zero-order valence-electron chi connectivity index (χ0n) is 9.10. The Bertz CT molecular complexity index is 478. The molecule has 0 aromatic heterocycles. The van der Waals surface area contributed by atoms with E-state index in [0.717, 1.165) is 16.9 Å². The summed E-state index contributed by atoms with van der Waals surface area (Å²) in [4.78, 5) is 0. The molecule has 0 amide bonds. The number of hydrogen-bond donors (Lipinski definition) is 1. The van der Waals surface area contributed by atoms with Crippen molar-refractivity contribution < 1.29 is 9.84 Å². The number of phenolic OH excluding ortho intramolecular Hbond substituents is 1. The summed E-state index contributed by atoms with van der Waals surface area (Å²) in [5, 5.41) is 9.75. The van der Waals surface area contributed by atoms with E-state index in [9.17, 15) is 5.11 Å². The number of aromatic hydroxyl groups is 1. The van der Waals surface area contributed by atoms with Gasteiger partial charge in [-0.15, -0.1) is 0 Å². The lowest BCUT2D eigenvalue weighted by Crippen LogP contribution is -1.93. The highest BCUT2D eigenvalue weighted by Crippen LogP contribution is 2.34. The summed E-state index contributed by atoms with van der Waals surface area (Å²) in [5.74, 6) is 0.926. The maximum absolute atomic E-state index is 9.75. The smallest absolute Gasteiger partial charge is 0.131 e. The van der Waals surface area contributed by atoms with Gasteiger partial charge in [-0.1, -0.05) is 36.4 Å². The summed E-state index contributed by atoms with van der Waals surface area (Å²) in [5.41, 5.74) is 1.63. The molecule has 2 aromatic carbocycles. The van der Waals surface area contributed by atoms with Gasteiger partial charge in [-0.25, -0.2) is 0 Å². The number of phenols is 1. The van der Waals surface area contributed by atoms with Gasteiger partial charge in [0.25, 0.3) is 0 Å². The van der Waals surface area contributed by atoms with Crippen LogP contribution in [-0.2, 0) is 0 Å². The van der Waals surface area contributed by atoms with Crippen LogP contribution < -0.4 is 4.74 Å². The molecule has 2 rings (SSSR count). The first-order chi connectivity index (χ1) is 7.83. The lowest BCUT2D eigenvalue weighted by molar-refractivity contribution is 0.341. The fourth-order valence-electron chi connectivity index (χ4n) is 1.62. The van der Waals surface area contributed by atoms with Crippen molar-refractivity contribution in [1.29, 1.82) is 0 Å². The van der Waals surface area contributed by atoms with E-state index in [1.54, 1.807) is 6.07 Å². The minimum Gasteiger partial charge on any atom is -0.507 e. The van der Waals surface area contributed by atoms with Crippen molar-refractivity contribution in [3.63, 3.8) is 0 Å². The number of benzene rings is 2. The molecule has 81 valence electrons. The summed E-state index contributed by atoms with van der Waals surface area (Å²) in [7, 11) is 0. The van der Waals surface area contributed by atoms with Crippen LogP contribution in [0.5, 0.6) is 11.5 Å². The standard InChI is InChI=1S/C14H13O2/c1-2-16-14-10-6-4-8-12(14)11-7-3-5-9-13(11)15/h3-8,10,15H,2H2,1H3. The molecule has 1 radical (unpaired) electrons. The van der Waals surface area contributed by atoms with Gasteiger partial charge in [-0.3, -0.25) is 0 Å². The van der Waals surface area contributed by atoms with Crippen LogP contribution in [0.1, 0.15) is 6.92 Å². The molecule has 2 aromatic rings. The Morgan fingerprint density at radius 1 is 1.12 bits per heavy atom. The topological polar surface area (TPSA) is 29.5 Å². The van der Waals surface area contributed by atoms with E-state index in [4.69, 9.17) is 4.74 Å². The Morgan fingerprint density at radius 3 is 2.62 bits per heavy atom. The maximum Gasteiger partial charge on any atom is 0.131 e. The van der Waals surface area contributed by atoms with Gasteiger partial charge in [-0.05, 0) is 13.0 Å². The molecule has 0 aliphatic rings. The van der Waals surface area contributed by atoms with Crippen molar-refractivity contribution in [3.05, 3.63) is 48.5 Å². The summed E-state index contributed by atoms with van der Waals surface area (Å²) in [6.07, 6.45) is 0. The average molecular weight is 213 g/mol. The van der Waals surface area contributed by atoms with Gasteiger partial charge in [0.15, 0.2) is 0 Å². The molecule has 0 aliphatic carbocycles. The van der Waals surface area contributed by atoms with Crippen LogP contribution in [0.3, 0.4) is 0 Å². The predicted octanol–water partition coefficient (Wildman–Crippen LogP) is 3.26. The summed E-state index contributed by atoms with van der Waals surface area (Å²) >= 11 is 0. The first kappa shape index (κ1) is 10.6. The Balaban J connectivity index is 2.51. The van der Waals surface area contributed by atoms with Gasteiger partial charge in [0, 0.05) is 17.2 Å². The molecule has 0 heterocycles. The van der Waals surface area contributed by atoms with Crippen LogP contribution in [0.2, 0.25) is 0 Å². The molecule has 0 bridgehead atoms. The van der Waals surface area contributed by atoms with Crippen LogP contribution in [0.15, 0.2) is 42.5 Å². The first-order valence-corrected chi connectivity index (χ1v) is 5.24.